The average molecular weight is 574 g/mol. The number of benzene rings is 3. The zero-order valence-electron chi connectivity index (χ0n) is 24.3. The van der Waals surface area contributed by atoms with Gasteiger partial charge in [0, 0.05) is 30.3 Å². The summed E-state index contributed by atoms with van der Waals surface area (Å²) in [6, 6.07) is 20.3. The minimum Gasteiger partial charge on any atom is -0.492 e. The zero-order valence-corrected chi connectivity index (χ0v) is 24.3. The molecule has 0 bridgehead atoms. The molecular formula is C33H35NO8. The van der Waals surface area contributed by atoms with Crippen LogP contribution in [0.4, 0.5) is 9.59 Å². The normalized spacial score (nSPS) is 18.1. The first kappa shape index (κ1) is 29.0. The number of ether oxygens (including phenoxy) is 6. The molecule has 2 aliphatic rings. The van der Waals surface area contributed by atoms with Crippen LogP contribution >= 0.6 is 0 Å². The van der Waals surface area contributed by atoms with Crippen LogP contribution in [-0.2, 0) is 9.47 Å². The Kier molecular flexibility index (Phi) is 8.97. The van der Waals surface area contributed by atoms with E-state index in [1.54, 1.807) is 24.3 Å². The first-order chi connectivity index (χ1) is 20.3. The minimum absolute atomic E-state index is 0.316. The van der Waals surface area contributed by atoms with Crippen molar-refractivity contribution in [3.63, 3.8) is 0 Å². The van der Waals surface area contributed by atoms with Crippen molar-refractivity contribution in [2.75, 3.05) is 40.5 Å². The Morgan fingerprint density at radius 3 is 2.17 bits per heavy atom. The van der Waals surface area contributed by atoms with Gasteiger partial charge in [-0.05, 0) is 78.9 Å². The fraction of sp³-hybridized carbons (Fsp3) is 0.333. The van der Waals surface area contributed by atoms with E-state index in [0.717, 1.165) is 59.1 Å². The highest BCUT2D eigenvalue weighted by Gasteiger charge is 2.30. The smallest absolute Gasteiger partial charge is 0.492 e. The molecule has 3 aromatic carbocycles. The maximum atomic E-state index is 11.7. The van der Waals surface area contributed by atoms with Crippen LogP contribution in [0.2, 0.25) is 0 Å². The molecule has 2 heterocycles. The van der Waals surface area contributed by atoms with Crippen LogP contribution in [0.3, 0.4) is 0 Å². The molecule has 1 saturated heterocycles. The maximum absolute atomic E-state index is 11.7. The van der Waals surface area contributed by atoms with Crippen LogP contribution in [0.1, 0.15) is 43.1 Å². The van der Waals surface area contributed by atoms with Crippen LogP contribution in [-0.4, -0.2) is 57.7 Å². The number of likely N-dealkylation sites (tertiary alicyclic amines) is 1. The van der Waals surface area contributed by atoms with Crippen LogP contribution in [0.25, 0.3) is 11.1 Å². The standard InChI is InChI=1S/C33H35NO8/c1-21-15-16-34(20-21)17-18-39-25-9-7-24(8-10-25)31-30(23-5-11-26(12-6-23)40-32(35)37-3)22(2)28-14-13-27(19-29(28)42-31)41-33(36)38-4/h5-14,19,21,31H,15-18,20H2,1-4H3/t21-,31+/m1/s1. The fourth-order valence-electron chi connectivity index (χ4n) is 5.34. The van der Waals surface area contributed by atoms with Gasteiger partial charge in [0.1, 0.15) is 35.7 Å². The summed E-state index contributed by atoms with van der Waals surface area (Å²) in [4.78, 5) is 25.7. The molecule has 42 heavy (non-hydrogen) atoms. The van der Waals surface area contributed by atoms with Crippen molar-refractivity contribution in [3.8, 4) is 23.0 Å². The van der Waals surface area contributed by atoms with Gasteiger partial charge in [-0.2, -0.15) is 0 Å². The van der Waals surface area contributed by atoms with E-state index in [9.17, 15) is 9.59 Å². The Morgan fingerprint density at radius 1 is 0.881 bits per heavy atom. The zero-order chi connectivity index (χ0) is 29.6. The molecule has 9 heteroatoms. The summed E-state index contributed by atoms with van der Waals surface area (Å²) in [5.41, 5.74) is 4.63. The molecule has 0 spiro atoms. The second-order valence-corrected chi connectivity index (χ2v) is 10.4. The fourth-order valence-corrected chi connectivity index (χ4v) is 5.34. The highest BCUT2D eigenvalue weighted by atomic mass is 16.7. The lowest BCUT2D eigenvalue weighted by Crippen LogP contribution is -2.25. The SMILES string of the molecule is COC(=O)Oc1ccc(C2=C(C)c3ccc(OC(=O)OC)cc3O[C@H]2c2ccc(OCCN3CC[C@@H](C)C3)cc2)cc1. The summed E-state index contributed by atoms with van der Waals surface area (Å²) < 4.78 is 32.3. The van der Waals surface area contributed by atoms with E-state index in [2.05, 4.69) is 21.3 Å². The lowest BCUT2D eigenvalue weighted by molar-refractivity contribution is 0.120. The molecule has 0 saturated carbocycles. The van der Waals surface area contributed by atoms with Gasteiger partial charge in [-0.1, -0.05) is 31.2 Å². The Labute approximate surface area is 245 Å². The van der Waals surface area contributed by atoms with Crippen molar-refractivity contribution in [3.05, 3.63) is 83.4 Å². The lowest BCUT2D eigenvalue weighted by Gasteiger charge is -2.31. The summed E-state index contributed by atoms with van der Waals surface area (Å²) in [5.74, 6) is 2.80. The van der Waals surface area contributed by atoms with E-state index in [-0.39, 0.29) is 0 Å². The van der Waals surface area contributed by atoms with Crippen molar-refractivity contribution in [2.24, 2.45) is 5.92 Å². The number of nitrogens with zero attached hydrogens (tertiary/aromatic N) is 1. The Bertz CT molecular complexity index is 1450. The Hall–Kier alpha value is -4.50. The average Bonchev–Trinajstić information content (AvgIpc) is 3.42. The quantitative estimate of drug-likeness (QED) is 0.214. The number of allylic oxidation sites excluding steroid dienone is 1. The predicted molar refractivity (Wildman–Crippen MR) is 157 cm³/mol. The monoisotopic (exact) mass is 573 g/mol. The molecule has 0 radical (unpaired) electrons. The van der Waals surface area contributed by atoms with Crippen molar-refractivity contribution in [2.45, 2.75) is 26.4 Å². The van der Waals surface area contributed by atoms with Crippen molar-refractivity contribution >= 4 is 23.5 Å². The summed E-state index contributed by atoms with van der Waals surface area (Å²) in [7, 11) is 2.52. The number of carbonyl (C=O) groups excluding carboxylic acids is 2. The number of hydrogen-bond acceptors (Lipinski definition) is 9. The van der Waals surface area contributed by atoms with E-state index in [1.165, 1.54) is 20.6 Å². The number of hydrogen-bond donors (Lipinski definition) is 0. The van der Waals surface area contributed by atoms with Gasteiger partial charge in [0.2, 0.25) is 0 Å². The van der Waals surface area contributed by atoms with Gasteiger partial charge in [0.25, 0.3) is 0 Å². The van der Waals surface area contributed by atoms with Crippen LogP contribution in [0, 0.1) is 5.92 Å². The molecule has 220 valence electrons. The third-order valence-corrected chi connectivity index (χ3v) is 7.54. The number of carbonyl (C=O) groups is 2. The van der Waals surface area contributed by atoms with Crippen LogP contribution in [0.15, 0.2) is 66.7 Å². The molecule has 0 N–H and O–H groups in total. The highest BCUT2D eigenvalue weighted by molar-refractivity contribution is 5.95. The molecule has 0 aliphatic carbocycles. The van der Waals surface area contributed by atoms with Gasteiger partial charge in [-0.25, -0.2) is 9.59 Å². The molecular weight excluding hydrogens is 538 g/mol. The predicted octanol–water partition coefficient (Wildman–Crippen LogP) is 6.76. The van der Waals surface area contributed by atoms with E-state index in [1.807, 2.05) is 49.4 Å². The topological polar surface area (TPSA) is 92.8 Å². The summed E-state index contributed by atoms with van der Waals surface area (Å²) in [5, 5.41) is 0. The number of fused-ring (bicyclic) bond motifs is 1. The van der Waals surface area contributed by atoms with Crippen molar-refractivity contribution in [1.29, 1.82) is 0 Å². The first-order valence-corrected chi connectivity index (χ1v) is 13.9. The van der Waals surface area contributed by atoms with Crippen LogP contribution in [0.5, 0.6) is 23.0 Å². The Morgan fingerprint density at radius 2 is 1.52 bits per heavy atom. The molecule has 3 aromatic rings. The second-order valence-electron chi connectivity index (χ2n) is 10.4. The van der Waals surface area contributed by atoms with E-state index >= 15 is 0 Å². The van der Waals surface area contributed by atoms with Gasteiger partial charge >= 0.3 is 12.3 Å². The largest absolute Gasteiger partial charge is 0.513 e. The molecule has 0 aromatic heterocycles. The lowest BCUT2D eigenvalue weighted by atomic mass is 9.86. The third-order valence-electron chi connectivity index (χ3n) is 7.54. The summed E-state index contributed by atoms with van der Waals surface area (Å²) in [6.07, 6.45) is -0.822. The van der Waals surface area contributed by atoms with E-state index in [4.69, 9.17) is 18.9 Å². The van der Waals surface area contributed by atoms with Gasteiger partial charge in [0.05, 0.1) is 14.2 Å². The molecule has 0 amide bonds. The van der Waals surface area contributed by atoms with Gasteiger partial charge < -0.3 is 28.4 Å². The molecule has 2 atom stereocenters. The van der Waals surface area contributed by atoms with Gasteiger partial charge in [-0.3, -0.25) is 4.90 Å². The van der Waals surface area contributed by atoms with Crippen molar-refractivity contribution in [1.82, 2.24) is 4.90 Å². The highest BCUT2D eigenvalue weighted by Crippen LogP contribution is 2.47. The van der Waals surface area contributed by atoms with Gasteiger partial charge in [-0.15, -0.1) is 0 Å². The van der Waals surface area contributed by atoms with Gasteiger partial charge in [0.15, 0.2) is 0 Å². The van der Waals surface area contributed by atoms with E-state index in [0.29, 0.717) is 23.9 Å². The second kappa shape index (κ2) is 13.0. The van der Waals surface area contributed by atoms with Crippen LogP contribution < -0.4 is 18.9 Å². The molecule has 2 aliphatic heterocycles. The number of rotatable bonds is 8. The first-order valence-electron chi connectivity index (χ1n) is 13.9. The molecule has 1 fully saturated rings. The Balaban J connectivity index is 1.42. The maximum Gasteiger partial charge on any atom is 0.513 e. The third kappa shape index (κ3) is 6.69. The van der Waals surface area contributed by atoms with E-state index < -0.39 is 18.4 Å². The summed E-state index contributed by atoms with van der Waals surface area (Å²) in [6.45, 7) is 8.10. The number of methoxy groups -OCH3 is 2. The molecule has 9 nitrogen and oxygen atoms in total. The summed E-state index contributed by atoms with van der Waals surface area (Å²) >= 11 is 0. The minimum atomic E-state index is -0.806. The molecule has 0 unspecified atom stereocenters. The molecule has 5 rings (SSSR count). The van der Waals surface area contributed by atoms with Crippen molar-refractivity contribution < 1.29 is 38.0 Å².